The minimum atomic E-state index is -0.195. The smallest absolute Gasteiger partial charge is 0.294 e. The highest BCUT2D eigenvalue weighted by molar-refractivity contribution is 6.09. The molecule has 6 heteroatoms. The standard InChI is InChI=1S/C34H39N3O3/c1-25-13-15-27(16-14-25)24-37-30-11-6-7-12-31(30)40-32(34(37)39)23-26-17-19-28(20-18-26)33(38)35-21-8-22-36(2)29-9-4-3-5-10-29/h6-7,11-20,23,29H,3-5,8-10,21-22,24H2,1-2H3,(H,35,38)/b32-23+. The molecule has 0 bridgehead atoms. The highest BCUT2D eigenvalue weighted by Gasteiger charge is 2.30. The van der Waals surface area contributed by atoms with E-state index in [9.17, 15) is 9.59 Å². The van der Waals surface area contributed by atoms with Crippen molar-refractivity contribution in [1.82, 2.24) is 10.2 Å². The number of nitrogens with one attached hydrogen (secondary N) is 1. The number of hydrogen-bond donors (Lipinski definition) is 1. The maximum atomic E-state index is 13.5. The largest absolute Gasteiger partial charge is 0.449 e. The number of anilines is 1. The summed E-state index contributed by atoms with van der Waals surface area (Å²) in [6, 6.07) is 23.7. The number of hydrogen-bond acceptors (Lipinski definition) is 4. The highest BCUT2D eigenvalue weighted by Crippen LogP contribution is 2.36. The van der Waals surface area contributed by atoms with Crippen LogP contribution < -0.4 is 15.0 Å². The second-order valence-electron chi connectivity index (χ2n) is 11.0. The van der Waals surface area contributed by atoms with E-state index in [4.69, 9.17) is 4.74 Å². The van der Waals surface area contributed by atoms with Crippen LogP contribution in [0.25, 0.3) is 6.08 Å². The van der Waals surface area contributed by atoms with Crippen molar-refractivity contribution in [3.05, 3.63) is 101 Å². The van der Waals surface area contributed by atoms with Gasteiger partial charge in [-0.3, -0.25) is 14.5 Å². The van der Waals surface area contributed by atoms with E-state index in [-0.39, 0.29) is 17.6 Å². The van der Waals surface area contributed by atoms with Gasteiger partial charge >= 0.3 is 0 Å². The molecule has 3 aromatic carbocycles. The number of carbonyl (C=O) groups excluding carboxylic acids is 2. The Balaban J connectivity index is 1.20. The number of fused-ring (bicyclic) bond motifs is 1. The van der Waals surface area contributed by atoms with Crippen molar-refractivity contribution in [2.45, 2.75) is 58.0 Å². The molecule has 0 spiro atoms. The van der Waals surface area contributed by atoms with E-state index in [2.05, 4.69) is 29.4 Å². The third-order valence-corrected chi connectivity index (χ3v) is 7.94. The van der Waals surface area contributed by atoms with Gasteiger partial charge in [-0.15, -0.1) is 0 Å². The van der Waals surface area contributed by atoms with Crippen molar-refractivity contribution in [3.63, 3.8) is 0 Å². The number of para-hydroxylation sites is 2. The number of carbonyl (C=O) groups is 2. The first-order chi connectivity index (χ1) is 19.5. The first-order valence-electron chi connectivity index (χ1n) is 14.4. The summed E-state index contributed by atoms with van der Waals surface area (Å²) in [5.41, 5.74) is 4.37. The predicted molar refractivity (Wildman–Crippen MR) is 160 cm³/mol. The van der Waals surface area contributed by atoms with Gasteiger partial charge < -0.3 is 15.0 Å². The Morgan fingerprint density at radius 1 is 1.00 bits per heavy atom. The van der Waals surface area contributed by atoms with Crippen molar-refractivity contribution < 1.29 is 14.3 Å². The van der Waals surface area contributed by atoms with Gasteiger partial charge in [-0.2, -0.15) is 0 Å². The van der Waals surface area contributed by atoms with Gasteiger partial charge in [-0.05, 0) is 81.2 Å². The maximum Gasteiger partial charge on any atom is 0.294 e. The van der Waals surface area contributed by atoms with E-state index in [1.54, 1.807) is 23.1 Å². The zero-order chi connectivity index (χ0) is 27.9. The Morgan fingerprint density at radius 2 is 1.73 bits per heavy atom. The first kappa shape index (κ1) is 27.7. The molecule has 1 heterocycles. The Morgan fingerprint density at radius 3 is 2.48 bits per heavy atom. The van der Waals surface area contributed by atoms with E-state index < -0.39 is 0 Å². The van der Waals surface area contributed by atoms with E-state index in [1.807, 2.05) is 55.5 Å². The predicted octanol–water partition coefficient (Wildman–Crippen LogP) is 6.35. The molecule has 1 aliphatic heterocycles. The quantitative estimate of drug-likeness (QED) is 0.255. The van der Waals surface area contributed by atoms with Crippen LogP contribution in [0, 0.1) is 6.92 Å². The summed E-state index contributed by atoms with van der Waals surface area (Å²) in [6.45, 7) is 4.15. The zero-order valence-corrected chi connectivity index (χ0v) is 23.6. The molecule has 0 aromatic heterocycles. The minimum absolute atomic E-state index is 0.0808. The average Bonchev–Trinajstić information content (AvgIpc) is 2.99. The van der Waals surface area contributed by atoms with Crippen LogP contribution in [0.4, 0.5) is 5.69 Å². The van der Waals surface area contributed by atoms with Crippen molar-refractivity contribution in [2.75, 3.05) is 25.0 Å². The van der Waals surface area contributed by atoms with E-state index in [0.717, 1.165) is 29.8 Å². The number of nitrogens with zero attached hydrogens (tertiary/aromatic N) is 2. The van der Waals surface area contributed by atoms with Gasteiger partial charge in [0.1, 0.15) is 0 Å². The van der Waals surface area contributed by atoms with Crippen LogP contribution in [-0.2, 0) is 11.3 Å². The summed E-state index contributed by atoms with van der Waals surface area (Å²) in [7, 11) is 2.20. The molecule has 6 nitrogen and oxygen atoms in total. The van der Waals surface area contributed by atoms with E-state index in [1.165, 1.54) is 37.7 Å². The number of rotatable bonds is 9. The maximum absolute atomic E-state index is 13.5. The van der Waals surface area contributed by atoms with Crippen molar-refractivity contribution in [3.8, 4) is 5.75 Å². The van der Waals surface area contributed by atoms with Crippen LogP contribution in [0.3, 0.4) is 0 Å². The molecule has 0 radical (unpaired) electrons. The van der Waals surface area contributed by atoms with Gasteiger partial charge in [-0.1, -0.05) is 73.4 Å². The fourth-order valence-electron chi connectivity index (χ4n) is 5.51. The van der Waals surface area contributed by atoms with Gasteiger partial charge in [0.05, 0.1) is 12.2 Å². The van der Waals surface area contributed by atoms with Crippen LogP contribution in [0.15, 0.2) is 78.6 Å². The van der Waals surface area contributed by atoms with Crippen molar-refractivity contribution in [1.29, 1.82) is 0 Å². The molecule has 1 aliphatic carbocycles. The zero-order valence-electron chi connectivity index (χ0n) is 23.6. The molecule has 40 heavy (non-hydrogen) atoms. The third kappa shape index (κ3) is 6.80. The summed E-state index contributed by atoms with van der Waals surface area (Å²) >= 11 is 0. The summed E-state index contributed by atoms with van der Waals surface area (Å²) in [5.74, 6) is 0.623. The second kappa shape index (κ2) is 13.0. The molecule has 0 saturated heterocycles. The molecule has 2 aliphatic rings. The van der Waals surface area contributed by atoms with Gasteiger partial charge in [0, 0.05) is 18.2 Å². The van der Waals surface area contributed by atoms with Crippen LogP contribution in [0.2, 0.25) is 0 Å². The lowest BCUT2D eigenvalue weighted by Crippen LogP contribution is -2.36. The third-order valence-electron chi connectivity index (χ3n) is 7.94. The monoisotopic (exact) mass is 537 g/mol. The van der Waals surface area contributed by atoms with Crippen molar-refractivity contribution >= 4 is 23.6 Å². The molecule has 0 atom stereocenters. The van der Waals surface area contributed by atoms with Crippen molar-refractivity contribution in [2.24, 2.45) is 0 Å². The summed E-state index contributed by atoms with van der Waals surface area (Å²) in [6.07, 6.45) is 9.28. The molecule has 2 amide bonds. The van der Waals surface area contributed by atoms with Gasteiger partial charge in [0.15, 0.2) is 11.5 Å². The number of aryl methyl sites for hydroxylation is 1. The SMILES string of the molecule is Cc1ccc(CN2C(=O)/C(=C\c3ccc(C(=O)NCCCN(C)C4CCCCC4)cc3)Oc3ccccc32)cc1. The summed E-state index contributed by atoms with van der Waals surface area (Å²) < 4.78 is 6.03. The van der Waals surface area contributed by atoms with Gasteiger partial charge in [-0.25, -0.2) is 0 Å². The molecule has 0 unspecified atom stereocenters. The molecule has 1 fully saturated rings. The molecular weight excluding hydrogens is 498 g/mol. The van der Waals surface area contributed by atoms with Crippen LogP contribution >= 0.6 is 0 Å². The Kier molecular flexibility index (Phi) is 8.97. The Bertz CT molecular complexity index is 1340. The minimum Gasteiger partial charge on any atom is -0.449 e. The summed E-state index contributed by atoms with van der Waals surface area (Å²) in [5, 5.41) is 3.04. The van der Waals surface area contributed by atoms with Gasteiger partial charge in [0.25, 0.3) is 11.8 Å². The molecule has 208 valence electrons. The molecule has 1 saturated carbocycles. The van der Waals surface area contributed by atoms with Gasteiger partial charge in [0.2, 0.25) is 0 Å². The Labute approximate surface area is 237 Å². The second-order valence-corrected chi connectivity index (χ2v) is 11.0. The van der Waals surface area contributed by atoms with Crippen LogP contribution in [0.5, 0.6) is 5.75 Å². The number of amides is 2. The molecular formula is C34H39N3O3. The fourth-order valence-corrected chi connectivity index (χ4v) is 5.51. The van der Waals surface area contributed by atoms with E-state index >= 15 is 0 Å². The number of ether oxygens (including phenoxy) is 1. The molecule has 5 rings (SSSR count). The van der Waals surface area contributed by atoms with Crippen LogP contribution in [0.1, 0.15) is 65.6 Å². The lowest BCUT2D eigenvalue weighted by molar-refractivity contribution is -0.117. The summed E-state index contributed by atoms with van der Waals surface area (Å²) in [4.78, 5) is 30.4. The lowest BCUT2D eigenvalue weighted by atomic mass is 9.94. The normalized spacial score (nSPS) is 16.6. The fraction of sp³-hybridized carbons (Fsp3) is 0.353. The molecule has 1 N–H and O–H groups in total. The first-order valence-corrected chi connectivity index (χ1v) is 14.4. The average molecular weight is 538 g/mol. The highest BCUT2D eigenvalue weighted by atomic mass is 16.5. The molecule has 3 aromatic rings. The van der Waals surface area contributed by atoms with E-state index in [0.29, 0.717) is 30.4 Å². The Hall–Kier alpha value is -3.90. The topological polar surface area (TPSA) is 61.9 Å². The lowest BCUT2D eigenvalue weighted by Gasteiger charge is -2.31. The number of benzene rings is 3. The van der Waals surface area contributed by atoms with Crippen LogP contribution in [-0.4, -0.2) is 42.9 Å².